The summed E-state index contributed by atoms with van der Waals surface area (Å²) >= 11 is 0. The smallest absolute Gasteiger partial charge is 0.317 e. The fourth-order valence-corrected chi connectivity index (χ4v) is 5.87. The molecule has 1 aromatic carbocycles. The van der Waals surface area contributed by atoms with Crippen molar-refractivity contribution in [1.82, 2.24) is 29.4 Å². The Balaban J connectivity index is 0.0000140. The van der Waals surface area contributed by atoms with Gasteiger partial charge in [-0.15, -0.1) is 0 Å². The molecule has 0 saturated carbocycles. The van der Waals surface area contributed by atoms with Crippen LogP contribution in [-0.2, 0) is 35.2 Å². The quantitative estimate of drug-likeness (QED) is 0.0806. The molecule has 0 amide bonds. The number of rotatable bonds is 15. The van der Waals surface area contributed by atoms with Gasteiger partial charge in [0.15, 0.2) is 0 Å². The second kappa shape index (κ2) is 24.9. The summed E-state index contributed by atoms with van der Waals surface area (Å²) in [5.74, 6) is -7.14. The van der Waals surface area contributed by atoms with Gasteiger partial charge in [0.05, 0.1) is 44.2 Å². The maximum atomic E-state index is 12.1. The second-order valence-corrected chi connectivity index (χ2v) is 12.5. The molecule has 21 nitrogen and oxygen atoms in total. The van der Waals surface area contributed by atoms with Crippen LogP contribution in [0, 0.1) is 54.2 Å². The number of nitro groups is 1. The van der Waals surface area contributed by atoms with E-state index in [0.29, 0.717) is 5.56 Å². The first-order valence-corrected chi connectivity index (χ1v) is 16.4. The van der Waals surface area contributed by atoms with Crippen molar-refractivity contribution < 1.29 is 108 Å². The van der Waals surface area contributed by atoms with Gasteiger partial charge in [-0.25, -0.2) is 0 Å². The van der Waals surface area contributed by atoms with Crippen molar-refractivity contribution in [2.45, 2.75) is 12.5 Å². The number of carboxylic acid groups (broad SMARTS) is 6. The van der Waals surface area contributed by atoms with E-state index in [2.05, 4.69) is 0 Å². The van der Waals surface area contributed by atoms with Crippen LogP contribution in [0.3, 0.4) is 0 Å². The molecular formula is C31H47AcN7O14. The number of non-ortho nitro benzene ring substituents is 1. The van der Waals surface area contributed by atoms with Gasteiger partial charge >= 0.3 is 35.8 Å². The van der Waals surface area contributed by atoms with Crippen molar-refractivity contribution in [1.29, 1.82) is 0 Å². The largest absolute Gasteiger partial charge is 0.480 e. The van der Waals surface area contributed by atoms with Crippen LogP contribution in [0.15, 0.2) is 24.3 Å². The summed E-state index contributed by atoms with van der Waals surface area (Å²) < 4.78 is 0. The molecule has 1 atom stereocenters. The van der Waals surface area contributed by atoms with E-state index in [1.54, 1.807) is 4.90 Å². The molecule has 0 spiro atoms. The SMILES string of the molecule is O=C(O)CN1CCN(CC(=O)O)CCN(CC(=O)O)CCN(CC(=O)O)C(Cc2ccc([N+](=O)[O-])cc2)CN(CC(=O)O)CCN(CC(=O)O)CC1.[225Ac]. The molecule has 0 bridgehead atoms. The van der Waals surface area contributed by atoms with Crippen molar-refractivity contribution in [2.24, 2.45) is 0 Å². The van der Waals surface area contributed by atoms with Crippen molar-refractivity contribution in [3.8, 4) is 0 Å². The van der Waals surface area contributed by atoms with E-state index >= 15 is 0 Å². The Morgan fingerprint density at radius 2 is 0.830 bits per heavy atom. The van der Waals surface area contributed by atoms with Gasteiger partial charge in [0.1, 0.15) is 0 Å². The minimum atomic E-state index is -1.23. The van der Waals surface area contributed by atoms with Crippen molar-refractivity contribution in [3.05, 3.63) is 39.9 Å². The molecule has 0 aliphatic carbocycles. The maximum Gasteiger partial charge on any atom is 0.317 e. The second-order valence-electron chi connectivity index (χ2n) is 12.5. The molecule has 6 N–H and O–H groups in total. The van der Waals surface area contributed by atoms with Crippen LogP contribution in [0.25, 0.3) is 0 Å². The predicted molar refractivity (Wildman–Crippen MR) is 180 cm³/mol. The van der Waals surface area contributed by atoms with Crippen LogP contribution >= 0.6 is 0 Å². The number of benzene rings is 1. The predicted octanol–water partition coefficient (Wildman–Crippen LogP) is -2.16. The number of carboxylic acids is 6. The summed E-state index contributed by atoms with van der Waals surface area (Å²) in [6.45, 7) is -2.45. The Morgan fingerprint density at radius 1 is 0.528 bits per heavy atom. The maximum absolute atomic E-state index is 12.1. The average Bonchev–Trinajstić information content (AvgIpc) is 3.02. The van der Waals surface area contributed by atoms with Crippen LogP contribution in [0.2, 0.25) is 0 Å². The molecule has 1 heterocycles. The minimum absolute atomic E-state index is 0. The van der Waals surface area contributed by atoms with Gasteiger partial charge in [-0.3, -0.25) is 68.3 Å². The van der Waals surface area contributed by atoms with Gasteiger partial charge in [-0.05, 0) is 12.0 Å². The van der Waals surface area contributed by atoms with Gasteiger partial charge in [0.2, 0.25) is 0 Å². The zero-order chi connectivity index (χ0) is 38.8. The van der Waals surface area contributed by atoms with E-state index in [1.807, 2.05) is 0 Å². The van der Waals surface area contributed by atoms with E-state index < -0.39 is 86.0 Å². The molecular weight excluding hydrogens is 919 g/mol. The Labute approximate surface area is 341 Å². The minimum Gasteiger partial charge on any atom is -0.480 e. The van der Waals surface area contributed by atoms with Crippen LogP contribution in [0.5, 0.6) is 0 Å². The summed E-state index contributed by atoms with van der Waals surface area (Å²) in [6, 6.07) is 4.82. The van der Waals surface area contributed by atoms with Crippen LogP contribution in [0.1, 0.15) is 5.56 Å². The summed E-state index contributed by atoms with van der Waals surface area (Å²) in [5, 5.41) is 69.2. The Bertz CT molecular complexity index is 1390. The van der Waals surface area contributed by atoms with E-state index in [-0.39, 0.29) is 128 Å². The molecule has 0 aromatic heterocycles. The molecule has 1 unspecified atom stereocenters. The Hall–Kier alpha value is -3.36. The van der Waals surface area contributed by atoms with Gasteiger partial charge in [0, 0.05) is 134 Å². The van der Waals surface area contributed by atoms with Gasteiger partial charge in [-0.2, -0.15) is 0 Å². The third kappa shape index (κ3) is 20.6. The standard InChI is InChI=1S/C31H47N7O14.Ac/c39-26(40)17-32-5-6-33(18-27(41)42)9-10-35(20-29(45)46)13-14-37(22-31(49)50)25(15-23-1-3-24(4-2-23)38(51)52)16-36(21-30(47)48)12-11-34(8-7-32)19-28(43)44;/h1-4,25H,5-22H2,(H,39,40)(H,41,42)(H,43,44)(H,45,46)(H,47,48)(H,49,50);/i;1-2. The number of nitrogens with zero attached hydrogens (tertiary/aromatic N) is 7. The molecule has 1 fully saturated rings. The molecule has 53 heavy (non-hydrogen) atoms. The van der Waals surface area contributed by atoms with Crippen LogP contribution < -0.4 is 0 Å². The molecule has 293 valence electrons. The van der Waals surface area contributed by atoms with Crippen molar-refractivity contribution >= 4 is 41.5 Å². The van der Waals surface area contributed by atoms with Crippen LogP contribution in [-0.4, -0.2) is 218 Å². The van der Waals surface area contributed by atoms with Crippen LogP contribution in [0.4, 0.5) is 5.69 Å². The first kappa shape index (κ1) is 47.7. The first-order valence-electron chi connectivity index (χ1n) is 16.4. The van der Waals surface area contributed by atoms with Gasteiger partial charge in [0.25, 0.3) is 5.69 Å². The Morgan fingerprint density at radius 3 is 1.15 bits per heavy atom. The molecule has 1 radical (unpaired) electrons. The third-order valence-electron chi connectivity index (χ3n) is 8.37. The average molecular weight is 967 g/mol. The zero-order valence-electron chi connectivity index (χ0n) is 29.3. The fourth-order valence-electron chi connectivity index (χ4n) is 5.87. The number of hydrogen-bond donors (Lipinski definition) is 6. The van der Waals surface area contributed by atoms with Crippen molar-refractivity contribution in [2.75, 3.05) is 111 Å². The molecule has 1 aliphatic rings. The zero-order valence-corrected chi connectivity index (χ0v) is 34.0. The molecule has 1 aliphatic heterocycles. The molecule has 1 saturated heterocycles. The third-order valence-corrected chi connectivity index (χ3v) is 8.37. The monoisotopic (exact) mass is 966 g/mol. The normalized spacial score (nSPS) is 18.9. The number of nitro benzene ring substituents is 1. The van der Waals surface area contributed by atoms with E-state index in [9.17, 15) is 69.5 Å². The van der Waals surface area contributed by atoms with Gasteiger partial charge in [-0.1, -0.05) is 12.1 Å². The van der Waals surface area contributed by atoms with Crippen molar-refractivity contribution in [3.63, 3.8) is 0 Å². The number of carbonyl (C=O) groups is 6. The topological polar surface area (TPSA) is 286 Å². The number of aliphatic carboxylic acids is 6. The first-order chi connectivity index (χ1) is 24.5. The summed E-state index contributed by atoms with van der Waals surface area (Å²) in [5.41, 5.74) is 0.395. The number of hydrogen-bond acceptors (Lipinski definition) is 14. The fraction of sp³-hybridized carbons (Fsp3) is 0.613. The molecule has 1 aromatic rings. The molecule has 2 rings (SSSR count). The summed E-state index contributed by atoms with van der Waals surface area (Å²) in [4.78, 5) is 90.8. The molecule has 22 heteroatoms. The summed E-state index contributed by atoms with van der Waals surface area (Å²) in [6.07, 6.45) is 0.107. The van der Waals surface area contributed by atoms with E-state index in [1.165, 1.54) is 48.8 Å². The summed E-state index contributed by atoms with van der Waals surface area (Å²) in [7, 11) is 0. The van der Waals surface area contributed by atoms with E-state index in [4.69, 9.17) is 0 Å². The van der Waals surface area contributed by atoms with E-state index in [0.717, 1.165) is 0 Å². The van der Waals surface area contributed by atoms with Gasteiger partial charge < -0.3 is 30.6 Å². The Kier molecular flexibility index (Phi) is 22.4.